The third kappa shape index (κ3) is 3.31. The second kappa shape index (κ2) is 4.56. The van der Waals surface area contributed by atoms with Gasteiger partial charge in [-0.2, -0.15) is 0 Å². The smallest absolute Gasteiger partial charge is 0.133 e. The van der Waals surface area contributed by atoms with Gasteiger partial charge in [-0.15, -0.1) is 0 Å². The Morgan fingerprint density at radius 1 is 1.54 bits per heavy atom. The number of carbonyl (C=O) groups excluding carboxylic acids is 1. The van der Waals surface area contributed by atoms with Crippen molar-refractivity contribution < 1.29 is 4.79 Å². The molecule has 0 aliphatic heterocycles. The zero-order chi connectivity index (χ0) is 9.84. The second-order valence-electron chi connectivity index (χ2n) is 4.14. The predicted molar refractivity (Wildman–Crippen MR) is 54.7 cm³/mol. The summed E-state index contributed by atoms with van der Waals surface area (Å²) < 4.78 is 0. The minimum Gasteiger partial charge on any atom is -0.300 e. The zero-order valence-corrected chi connectivity index (χ0v) is 8.68. The first kappa shape index (κ1) is 10.5. The third-order valence-electron chi connectivity index (χ3n) is 2.66. The lowest BCUT2D eigenvalue weighted by Crippen LogP contribution is -2.36. The van der Waals surface area contributed by atoms with Crippen LogP contribution in [0.1, 0.15) is 32.6 Å². The predicted octanol–water partition coefficient (Wildman–Crippen LogP) is 2.01. The number of Topliss-reactive ketones (excluding diaryl/α,β-unsaturated/α-hetero) is 1. The van der Waals surface area contributed by atoms with E-state index in [1.54, 1.807) is 0 Å². The molecule has 0 aromatic heterocycles. The van der Waals surface area contributed by atoms with Crippen molar-refractivity contribution in [3.63, 3.8) is 0 Å². The summed E-state index contributed by atoms with van der Waals surface area (Å²) in [7, 11) is 2.12. The highest BCUT2D eigenvalue weighted by molar-refractivity contribution is 5.79. The van der Waals surface area contributed by atoms with E-state index in [0.29, 0.717) is 11.8 Å². The van der Waals surface area contributed by atoms with Crippen LogP contribution in [0.2, 0.25) is 0 Å². The lowest BCUT2D eigenvalue weighted by atomic mass is 9.93. The SMILES string of the molecule is C=C(C)CN(C)C1CCC(=O)CC1. The molecule has 74 valence electrons. The third-order valence-corrected chi connectivity index (χ3v) is 2.66. The minimum atomic E-state index is 0.431. The number of hydrogen-bond donors (Lipinski definition) is 0. The summed E-state index contributed by atoms with van der Waals surface area (Å²) in [6.07, 6.45) is 3.60. The molecular weight excluding hydrogens is 162 g/mol. The maximum absolute atomic E-state index is 11.0. The summed E-state index contributed by atoms with van der Waals surface area (Å²) in [5, 5.41) is 0. The van der Waals surface area contributed by atoms with E-state index in [-0.39, 0.29) is 0 Å². The number of nitrogens with zero attached hydrogens (tertiary/aromatic N) is 1. The number of rotatable bonds is 3. The van der Waals surface area contributed by atoms with Crippen LogP contribution >= 0.6 is 0 Å². The summed E-state index contributed by atoms with van der Waals surface area (Å²) in [5.41, 5.74) is 1.19. The number of hydrogen-bond acceptors (Lipinski definition) is 2. The van der Waals surface area contributed by atoms with Gasteiger partial charge in [-0.3, -0.25) is 9.69 Å². The molecule has 0 amide bonds. The minimum absolute atomic E-state index is 0.431. The van der Waals surface area contributed by atoms with Gasteiger partial charge in [0.15, 0.2) is 0 Å². The van der Waals surface area contributed by atoms with Crippen LogP contribution in [0.4, 0.5) is 0 Å². The van der Waals surface area contributed by atoms with Crippen LogP contribution in [0, 0.1) is 0 Å². The Morgan fingerprint density at radius 2 is 2.08 bits per heavy atom. The first-order chi connectivity index (χ1) is 6.09. The van der Waals surface area contributed by atoms with E-state index in [9.17, 15) is 4.79 Å². The molecule has 0 atom stereocenters. The average Bonchev–Trinajstić information content (AvgIpc) is 2.04. The first-order valence-corrected chi connectivity index (χ1v) is 4.96. The van der Waals surface area contributed by atoms with E-state index in [2.05, 4.69) is 18.5 Å². The van der Waals surface area contributed by atoms with Gasteiger partial charge in [0.05, 0.1) is 0 Å². The van der Waals surface area contributed by atoms with Crippen LogP contribution in [0.3, 0.4) is 0 Å². The Morgan fingerprint density at radius 3 is 2.54 bits per heavy atom. The Bertz CT molecular complexity index is 200. The molecule has 0 spiro atoms. The molecule has 1 fully saturated rings. The Kier molecular flexibility index (Phi) is 3.67. The molecule has 0 unspecified atom stereocenters. The number of likely N-dealkylation sites (N-methyl/N-ethyl adjacent to an activating group) is 1. The fraction of sp³-hybridized carbons (Fsp3) is 0.727. The van der Waals surface area contributed by atoms with Crippen LogP contribution in [-0.4, -0.2) is 30.3 Å². The lowest BCUT2D eigenvalue weighted by molar-refractivity contribution is -0.121. The lowest BCUT2D eigenvalue weighted by Gasteiger charge is -2.30. The van der Waals surface area contributed by atoms with Crippen molar-refractivity contribution in [1.82, 2.24) is 4.90 Å². The first-order valence-electron chi connectivity index (χ1n) is 4.96. The van der Waals surface area contributed by atoms with Crippen molar-refractivity contribution in [2.45, 2.75) is 38.6 Å². The van der Waals surface area contributed by atoms with E-state index in [0.717, 1.165) is 32.2 Å². The molecule has 0 saturated heterocycles. The van der Waals surface area contributed by atoms with Gasteiger partial charge in [-0.05, 0) is 26.8 Å². The number of ketones is 1. The molecule has 0 aromatic carbocycles. The standard InChI is InChI=1S/C11H19NO/c1-9(2)8-12(3)10-4-6-11(13)7-5-10/h10H,1,4-8H2,2-3H3. The van der Waals surface area contributed by atoms with Crippen molar-refractivity contribution in [2.24, 2.45) is 0 Å². The quantitative estimate of drug-likeness (QED) is 0.621. The summed E-state index contributed by atoms with van der Waals surface area (Å²) in [6, 6.07) is 0.592. The topological polar surface area (TPSA) is 20.3 Å². The monoisotopic (exact) mass is 181 g/mol. The highest BCUT2D eigenvalue weighted by atomic mass is 16.1. The van der Waals surface area contributed by atoms with Crippen LogP contribution in [0.25, 0.3) is 0 Å². The van der Waals surface area contributed by atoms with Gasteiger partial charge in [-0.1, -0.05) is 12.2 Å². The van der Waals surface area contributed by atoms with Gasteiger partial charge in [0.2, 0.25) is 0 Å². The van der Waals surface area contributed by atoms with Crippen LogP contribution in [0.15, 0.2) is 12.2 Å². The Balaban J connectivity index is 2.35. The second-order valence-corrected chi connectivity index (χ2v) is 4.14. The molecule has 1 aliphatic rings. The van der Waals surface area contributed by atoms with Crippen molar-refractivity contribution >= 4 is 5.78 Å². The van der Waals surface area contributed by atoms with Gasteiger partial charge in [-0.25, -0.2) is 0 Å². The molecule has 0 radical (unpaired) electrons. The summed E-state index contributed by atoms with van der Waals surface area (Å²) >= 11 is 0. The van der Waals surface area contributed by atoms with E-state index in [1.165, 1.54) is 5.57 Å². The molecule has 13 heavy (non-hydrogen) atoms. The molecule has 0 aromatic rings. The molecule has 0 N–H and O–H groups in total. The van der Waals surface area contributed by atoms with Crippen molar-refractivity contribution in [2.75, 3.05) is 13.6 Å². The molecule has 1 rings (SSSR count). The normalized spacial score (nSPS) is 19.5. The van der Waals surface area contributed by atoms with E-state index < -0.39 is 0 Å². The molecule has 1 aliphatic carbocycles. The van der Waals surface area contributed by atoms with Gasteiger partial charge < -0.3 is 0 Å². The summed E-state index contributed by atoms with van der Waals surface area (Å²) in [5.74, 6) is 0.431. The van der Waals surface area contributed by atoms with Crippen LogP contribution in [0.5, 0.6) is 0 Å². The van der Waals surface area contributed by atoms with Gasteiger partial charge in [0.25, 0.3) is 0 Å². The molecule has 0 bridgehead atoms. The fourth-order valence-corrected chi connectivity index (χ4v) is 1.92. The zero-order valence-electron chi connectivity index (χ0n) is 8.68. The maximum atomic E-state index is 11.0. The summed E-state index contributed by atoms with van der Waals surface area (Å²) in [4.78, 5) is 13.3. The van der Waals surface area contributed by atoms with Crippen molar-refractivity contribution in [3.8, 4) is 0 Å². The molecule has 0 heterocycles. The average molecular weight is 181 g/mol. The number of carbonyl (C=O) groups is 1. The van der Waals surface area contributed by atoms with Crippen molar-refractivity contribution in [1.29, 1.82) is 0 Å². The fourth-order valence-electron chi connectivity index (χ4n) is 1.92. The highest BCUT2D eigenvalue weighted by Gasteiger charge is 2.21. The van der Waals surface area contributed by atoms with Crippen molar-refractivity contribution in [3.05, 3.63) is 12.2 Å². The molecule has 2 nitrogen and oxygen atoms in total. The van der Waals surface area contributed by atoms with Crippen LogP contribution in [-0.2, 0) is 4.79 Å². The van der Waals surface area contributed by atoms with E-state index >= 15 is 0 Å². The van der Waals surface area contributed by atoms with Gasteiger partial charge >= 0.3 is 0 Å². The summed E-state index contributed by atoms with van der Waals surface area (Å²) in [6.45, 7) is 6.90. The Hall–Kier alpha value is -0.630. The van der Waals surface area contributed by atoms with E-state index in [1.807, 2.05) is 6.92 Å². The highest BCUT2D eigenvalue weighted by Crippen LogP contribution is 2.19. The Labute approximate surface area is 80.6 Å². The maximum Gasteiger partial charge on any atom is 0.133 e. The largest absolute Gasteiger partial charge is 0.300 e. The van der Waals surface area contributed by atoms with Gasteiger partial charge in [0, 0.05) is 25.4 Å². The van der Waals surface area contributed by atoms with Gasteiger partial charge in [0.1, 0.15) is 5.78 Å². The molecule has 2 heteroatoms. The van der Waals surface area contributed by atoms with Crippen LogP contribution < -0.4 is 0 Å². The molecular formula is C11H19NO. The van der Waals surface area contributed by atoms with E-state index in [4.69, 9.17) is 0 Å². The molecule has 1 saturated carbocycles.